The maximum Gasteiger partial charge on any atom is 0.318 e. The monoisotopic (exact) mass is 329 g/mol. The number of carbonyl (C=O) groups excluding carboxylic acids is 1. The first-order chi connectivity index (χ1) is 11.7. The van der Waals surface area contributed by atoms with E-state index in [0.717, 1.165) is 18.4 Å². The van der Waals surface area contributed by atoms with E-state index in [4.69, 9.17) is 9.52 Å². The van der Waals surface area contributed by atoms with Crippen LogP contribution in [0.25, 0.3) is 11.3 Å². The molecule has 1 unspecified atom stereocenters. The summed E-state index contributed by atoms with van der Waals surface area (Å²) < 4.78 is 5.78. The number of benzene rings is 1. The number of piperidine rings is 1. The first-order valence-corrected chi connectivity index (χ1v) is 8.35. The molecule has 1 saturated heterocycles. The van der Waals surface area contributed by atoms with Gasteiger partial charge in [0.05, 0.1) is 6.20 Å². The topological polar surface area (TPSA) is 78.6 Å². The van der Waals surface area contributed by atoms with Crippen molar-refractivity contribution in [3.05, 3.63) is 42.4 Å². The summed E-state index contributed by atoms with van der Waals surface area (Å²) in [6.45, 7) is 3.40. The molecule has 0 spiro atoms. The Bertz CT molecular complexity index is 663. The van der Waals surface area contributed by atoms with Crippen LogP contribution in [0.2, 0.25) is 0 Å². The molecule has 2 heterocycles. The summed E-state index contributed by atoms with van der Waals surface area (Å²) in [5, 5.41) is 12.1. The predicted octanol–water partition coefficient (Wildman–Crippen LogP) is 2.82. The van der Waals surface area contributed by atoms with Crippen LogP contribution in [0.4, 0.5) is 4.79 Å². The maximum atomic E-state index is 12.3. The molecule has 3 rings (SSSR count). The molecular formula is C18H23N3O3. The fourth-order valence-electron chi connectivity index (χ4n) is 2.88. The quantitative estimate of drug-likeness (QED) is 0.904. The number of amides is 2. The molecule has 1 aromatic carbocycles. The van der Waals surface area contributed by atoms with Gasteiger partial charge in [0, 0.05) is 25.3 Å². The average Bonchev–Trinajstić information content (AvgIpc) is 3.13. The molecule has 1 fully saturated rings. The van der Waals surface area contributed by atoms with Gasteiger partial charge in [-0.1, -0.05) is 30.3 Å². The molecule has 6 heteroatoms. The molecule has 1 aliphatic rings. The summed E-state index contributed by atoms with van der Waals surface area (Å²) >= 11 is 0. The van der Waals surface area contributed by atoms with Crippen LogP contribution in [-0.2, 0) is 0 Å². The summed E-state index contributed by atoms with van der Waals surface area (Å²) in [6.07, 6.45) is 3.37. The van der Waals surface area contributed by atoms with Gasteiger partial charge < -0.3 is 19.7 Å². The van der Waals surface area contributed by atoms with E-state index in [1.54, 1.807) is 11.1 Å². The van der Waals surface area contributed by atoms with Crippen molar-refractivity contribution in [2.24, 2.45) is 5.92 Å². The van der Waals surface area contributed by atoms with E-state index in [2.05, 4.69) is 10.3 Å². The first-order valence-electron chi connectivity index (χ1n) is 8.35. The largest absolute Gasteiger partial charge is 0.438 e. The number of likely N-dealkylation sites (tertiary alicyclic amines) is 1. The second kappa shape index (κ2) is 7.49. The van der Waals surface area contributed by atoms with Crippen LogP contribution in [0, 0.1) is 5.92 Å². The highest BCUT2D eigenvalue weighted by atomic mass is 16.4. The van der Waals surface area contributed by atoms with Crippen molar-refractivity contribution in [1.29, 1.82) is 0 Å². The maximum absolute atomic E-state index is 12.3. The Labute approximate surface area is 141 Å². The van der Waals surface area contributed by atoms with Crippen LogP contribution < -0.4 is 5.32 Å². The van der Waals surface area contributed by atoms with E-state index < -0.39 is 0 Å². The average molecular weight is 329 g/mol. The van der Waals surface area contributed by atoms with E-state index >= 15 is 0 Å². The number of aromatic nitrogens is 1. The Hall–Kier alpha value is -2.34. The SMILES string of the molecule is CC(NC(=O)N1CCC(CO)CC1)c1ncc(-c2ccccc2)o1. The number of hydrogen-bond acceptors (Lipinski definition) is 4. The molecule has 24 heavy (non-hydrogen) atoms. The van der Waals surface area contributed by atoms with Crippen LogP contribution in [0.5, 0.6) is 0 Å². The fourth-order valence-corrected chi connectivity index (χ4v) is 2.88. The van der Waals surface area contributed by atoms with Gasteiger partial charge in [0.1, 0.15) is 6.04 Å². The third-order valence-corrected chi connectivity index (χ3v) is 4.45. The van der Waals surface area contributed by atoms with Gasteiger partial charge in [0.25, 0.3) is 0 Å². The van der Waals surface area contributed by atoms with Crippen LogP contribution in [-0.4, -0.2) is 40.7 Å². The molecule has 2 N–H and O–H groups in total. The van der Waals surface area contributed by atoms with E-state index in [1.807, 2.05) is 37.3 Å². The minimum atomic E-state index is -0.300. The van der Waals surface area contributed by atoms with Gasteiger partial charge in [-0.15, -0.1) is 0 Å². The van der Waals surface area contributed by atoms with Crippen molar-refractivity contribution in [3.63, 3.8) is 0 Å². The molecule has 128 valence electrons. The molecule has 1 aliphatic heterocycles. The van der Waals surface area contributed by atoms with Gasteiger partial charge >= 0.3 is 6.03 Å². The second-order valence-electron chi connectivity index (χ2n) is 6.21. The fraction of sp³-hybridized carbons (Fsp3) is 0.444. The Morgan fingerprint density at radius 1 is 1.38 bits per heavy atom. The summed E-state index contributed by atoms with van der Waals surface area (Å²) in [7, 11) is 0. The Kier molecular flexibility index (Phi) is 5.15. The zero-order valence-electron chi connectivity index (χ0n) is 13.8. The highest BCUT2D eigenvalue weighted by Gasteiger charge is 2.24. The zero-order valence-corrected chi connectivity index (χ0v) is 13.8. The van der Waals surface area contributed by atoms with Crippen molar-refractivity contribution in [3.8, 4) is 11.3 Å². The molecule has 1 atom stereocenters. The van der Waals surface area contributed by atoms with Crippen molar-refractivity contribution in [1.82, 2.24) is 15.2 Å². The molecule has 0 aliphatic carbocycles. The molecule has 6 nitrogen and oxygen atoms in total. The Balaban J connectivity index is 1.58. The second-order valence-corrected chi connectivity index (χ2v) is 6.21. The van der Waals surface area contributed by atoms with Gasteiger partial charge in [-0.05, 0) is 25.7 Å². The molecule has 1 aromatic heterocycles. The lowest BCUT2D eigenvalue weighted by Crippen LogP contribution is -2.45. The molecule has 0 radical (unpaired) electrons. The predicted molar refractivity (Wildman–Crippen MR) is 90.3 cm³/mol. The Morgan fingerprint density at radius 3 is 2.75 bits per heavy atom. The number of nitrogens with zero attached hydrogens (tertiary/aromatic N) is 2. The summed E-state index contributed by atoms with van der Waals surface area (Å²) in [5.74, 6) is 1.49. The standard InChI is InChI=1S/C18H23N3O3/c1-13(20-18(23)21-9-7-14(12-22)8-10-21)17-19-11-16(24-17)15-5-3-2-4-6-15/h2-6,11,13-14,22H,7-10,12H2,1H3,(H,20,23). The number of oxazole rings is 1. The first kappa shape index (κ1) is 16.5. The van der Waals surface area contributed by atoms with Crippen LogP contribution in [0.1, 0.15) is 31.7 Å². The summed E-state index contributed by atoms with van der Waals surface area (Å²) in [6, 6.07) is 9.34. The smallest absolute Gasteiger partial charge is 0.318 e. The molecule has 2 amide bonds. The number of hydrogen-bond donors (Lipinski definition) is 2. The van der Waals surface area contributed by atoms with Crippen LogP contribution >= 0.6 is 0 Å². The normalized spacial score (nSPS) is 16.8. The number of rotatable bonds is 4. The summed E-state index contributed by atoms with van der Waals surface area (Å²) in [4.78, 5) is 18.4. The number of aliphatic hydroxyl groups is 1. The van der Waals surface area contributed by atoms with E-state index in [0.29, 0.717) is 30.7 Å². The van der Waals surface area contributed by atoms with Gasteiger partial charge in [0.15, 0.2) is 5.76 Å². The van der Waals surface area contributed by atoms with Gasteiger partial charge in [0.2, 0.25) is 5.89 Å². The number of aliphatic hydroxyl groups excluding tert-OH is 1. The van der Waals surface area contributed by atoms with E-state index in [1.165, 1.54) is 0 Å². The van der Waals surface area contributed by atoms with Crippen LogP contribution in [0.15, 0.2) is 40.9 Å². The number of carbonyl (C=O) groups is 1. The van der Waals surface area contributed by atoms with Gasteiger partial charge in [-0.3, -0.25) is 0 Å². The van der Waals surface area contributed by atoms with Gasteiger partial charge in [-0.25, -0.2) is 9.78 Å². The minimum Gasteiger partial charge on any atom is -0.438 e. The van der Waals surface area contributed by atoms with Crippen molar-refractivity contribution >= 4 is 6.03 Å². The lowest BCUT2D eigenvalue weighted by molar-refractivity contribution is 0.135. The lowest BCUT2D eigenvalue weighted by Gasteiger charge is -2.31. The highest BCUT2D eigenvalue weighted by molar-refractivity contribution is 5.74. The van der Waals surface area contributed by atoms with Crippen molar-refractivity contribution < 1.29 is 14.3 Å². The molecule has 0 bridgehead atoms. The summed E-state index contributed by atoms with van der Waals surface area (Å²) in [5.41, 5.74) is 0.959. The minimum absolute atomic E-state index is 0.113. The highest BCUT2D eigenvalue weighted by Crippen LogP contribution is 2.23. The third-order valence-electron chi connectivity index (χ3n) is 4.45. The zero-order chi connectivity index (χ0) is 16.9. The molecule has 0 saturated carbocycles. The van der Waals surface area contributed by atoms with Crippen LogP contribution in [0.3, 0.4) is 0 Å². The van der Waals surface area contributed by atoms with Crippen molar-refractivity contribution in [2.45, 2.75) is 25.8 Å². The van der Waals surface area contributed by atoms with E-state index in [-0.39, 0.29) is 18.7 Å². The van der Waals surface area contributed by atoms with E-state index in [9.17, 15) is 4.79 Å². The lowest BCUT2D eigenvalue weighted by atomic mass is 9.98. The number of nitrogens with one attached hydrogen (secondary N) is 1. The molecular weight excluding hydrogens is 306 g/mol. The van der Waals surface area contributed by atoms with Crippen molar-refractivity contribution in [2.75, 3.05) is 19.7 Å². The third kappa shape index (κ3) is 3.76. The van der Waals surface area contributed by atoms with Gasteiger partial charge in [-0.2, -0.15) is 0 Å². The molecule has 2 aromatic rings. The Morgan fingerprint density at radius 2 is 2.08 bits per heavy atom. The number of urea groups is 1.